The lowest BCUT2D eigenvalue weighted by atomic mass is 10.1. The summed E-state index contributed by atoms with van der Waals surface area (Å²) in [6.45, 7) is 0. The van der Waals surface area contributed by atoms with Crippen molar-refractivity contribution in [3.05, 3.63) is 95.8 Å². The quantitative estimate of drug-likeness (QED) is 0.370. The van der Waals surface area contributed by atoms with Gasteiger partial charge in [-0.2, -0.15) is 0 Å². The van der Waals surface area contributed by atoms with Gasteiger partial charge in [-0.25, -0.2) is 4.98 Å². The molecule has 0 spiro atoms. The fraction of sp³-hybridized carbons (Fsp3) is 0.0435. The molecule has 1 aromatic heterocycles. The molecule has 3 nitrogen and oxygen atoms in total. The number of hydrogen-bond donors (Lipinski definition) is 0. The molecule has 26 heavy (non-hydrogen) atoms. The van der Waals surface area contributed by atoms with E-state index in [1.807, 2.05) is 30.7 Å². The summed E-state index contributed by atoms with van der Waals surface area (Å²) in [5.74, 6) is 0. The summed E-state index contributed by atoms with van der Waals surface area (Å²) < 4.78 is 2.12. The Hall–Kier alpha value is -3.46. The normalized spacial score (nSPS) is 11.7. The van der Waals surface area contributed by atoms with Crippen LogP contribution in [-0.4, -0.2) is 22.8 Å². The van der Waals surface area contributed by atoms with Crippen molar-refractivity contribution in [2.45, 2.75) is 0 Å². The van der Waals surface area contributed by atoms with Crippen LogP contribution in [-0.2, 0) is 0 Å². The minimum Gasteiger partial charge on any atom is -0.299 e. The van der Waals surface area contributed by atoms with Crippen molar-refractivity contribution in [2.24, 2.45) is 4.99 Å². The number of rotatable bonds is 4. The molecule has 0 saturated heterocycles. The van der Waals surface area contributed by atoms with Crippen LogP contribution >= 0.6 is 0 Å². The minimum atomic E-state index is 1.00. The number of benzene rings is 3. The Morgan fingerprint density at radius 2 is 1.58 bits per heavy atom. The van der Waals surface area contributed by atoms with Crippen molar-refractivity contribution in [3.8, 4) is 5.69 Å². The Kier molecular flexibility index (Phi) is 4.44. The average molecular weight is 337 g/mol. The maximum atomic E-state index is 4.48. The van der Waals surface area contributed by atoms with Crippen LogP contribution in [0.3, 0.4) is 0 Å². The maximum Gasteiger partial charge on any atom is 0.100 e. The molecule has 4 aromatic rings. The first-order chi connectivity index (χ1) is 12.8. The molecule has 3 heteroatoms. The Balaban J connectivity index is 1.61. The summed E-state index contributed by atoms with van der Waals surface area (Å²) >= 11 is 0. The molecule has 0 radical (unpaired) electrons. The van der Waals surface area contributed by atoms with Gasteiger partial charge in [0.05, 0.1) is 11.0 Å². The highest BCUT2D eigenvalue weighted by Gasteiger charge is 2.03. The van der Waals surface area contributed by atoms with Crippen LogP contribution < -0.4 is 0 Å². The van der Waals surface area contributed by atoms with Gasteiger partial charge < -0.3 is 0 Å². The molecular formula is C23H19N3. The van der Waals surface area contributed by atoms with Crippen LogP contribution in [0.5, 0.6) is 0 Å². The summed E-state index contributed by atoms with van der Waals surface area (Å²) in [7, 11) is 1.78. The topological polar surface area (TPSA) is 30.2 Å². The molecule has 0 bridgehead atoms. The molecule has 0 aliphatic rings. The molecule has 3 aromatic carbocycles. The molecule has 0 fully saturated rings. The lowest BCUT2D eigenvalue weighted by Crippen LogP contribution is -1.91. The van der Waals surface area contributed by atoms with Crippen LogP contribution in [0.1, 0.15) is 16.7 Å². The number of fused-ring (bicyclic) bond motifs is 1. The highest BCUT2D eigenvalue weighted by molar-refractivity contribution is 5.81. The Labute approximate surface area is 153 Å². The van der Waals surface area contributed by atoms with Crippen molar-refractivity contribution in [1.82, 2.24) is 9.55 Å². The molecule has 0 aliphatic heterocycles. The third-order valence-corrected chi connectivity index (χ3v) is 4.28. The largest absolute Gasteiger partial charge is 0.299 e. The summed E-state index contributed by atoms with van der Waals surface area (Å²) in [5.41, 5.74) is 6.65. The predicted molar refractivity (Wildman–Crippen MR) is 110 cm³/mol. The van der Waals surface area contributed by atoms with Gasteiger partial charge in [0.2, 0.25) is 0 Å². The summed E-state index contributed by atoms with van der Waals surface area (Å²) in [5, 5.41) is 0. The van der Waals surface area contributed by atoms with Crippen molar-refractivity contribution in [3.63, 3.8) is 0 Å². The van der Waals surface area contributed by atoms with Gasteiger partial charge in [0.15, 0.2) is 0 Å². The number of aliphatic imine (C=N–C) groups is 1. The van der Waals surface area contributed by atoms with E-state index in [2.05, 4.69) is 81.3 Å². The van der Waals surface area contributed by atoms with Crippen molar-refractivity contribution in [1.29, 1.82) is 0 Å². The van der Waals surface area contributed by atoms with Crippen LogP contribution in [0.2, 0.25) is 0 Å². The fourth-order valence-electron chi connectivity index (χ4n) is 2.98. The van der Waals surface area contributed by atoms with Gasteiger partial charge in [0.25, 0.3) is 0 Å². The molecule has 1 heterocycles. The molecule has 0 aliphatic carbocycles. The Morgan fingerprint density at radius 3 is 2.42 bits per heavy atom. The maximum absolute atomic E-state index is 4.48. The van der Waals surface area contributed by atoms with Crippen molar-refractivity contribution in [2.75, 3.05) is 7.05 Å². The molecule has 0 atom stereocenters. The second-order valence-electron chi connectivity index (χ2n) is 6.09. The van der Waals surface area contributed by atoms with Gasteiger partial charge in [-0.15, -0.1) is 0 Å². The highest BCUT2D eigenvalue weighted by atomic mass is 15.0. The van der Waals surface area contributed by atoms with Gasteiger partial charge in [-0.05, 0) is 41.0 Å². The first-order valence-corrected chi connectivity index (χ1v) is 8.56. The van der Waals surface area contributed by atoms with Gasteiger partial charge in [-0.1, -0.05) is 60.7 Å². The summed E-state index contributed by atoms with van der Waals surface area (Å²) in [4.78, 5) is 8.51. The van der Waals surface area contributed by atoms with E-state index in [4.69, 9.17) is 0 Å². The predicted octanol–water partition coefficient (Wildman–Crippen LogP) is 5.24. The number of aromatic nitrogens is 2. The van der Waals surface area contributed by atoms with E-state index in [-0.39, 0.29) is 0 Å². The van der Waals surface area contributed by atoms with E-state index < -0.39 is 0 Å². The first kappa shape index (κ1) is 16.0. The van der Waals surface area contributed by atoms with E-state index in [1.54, 1.807) is 7.05 Å². The monoisotopic (exact) mass is 337 g/mol. The molecule has 0 amide bonds. The molecule has 0 N–H and O–H groups in total. The smallest absolute Gasteiger partial charge is 0.100 e. The number of hydrogen-bond acceptors (Lipinski definition) is 2. The van der Waals surface area contributed by atoms with Gasteiger partial charge in [0, 0.05) is 18.9 Å². The zero-order chi connectivity index (χ0) is 17.8. The molecule has 4 rings (SSSR count). The van der Waals surface area contributed by atoms with Gasteiger partial charge in [-0.3, -0.25) is 9.56 Å². The third kappa shape index (κ3) is 3.33. The lowest BCUT2D eigenvalue weighted by Gasteiger charge is -2.05. The minimum absolute atomic E-state index is 1.00. The summed E-state index contributed by atoms with van der Waals surface area (Å²) in [6, 6.07) is 25.0. The van der Waals surface area contributed by atoms with Crippen molar-refractivity contribution >= 4 is 29.4 Å². The standard InChI is InChI=1S/C23H19N3/c1-24-16-20-13-10-18(11-14-20)9-12-19-5-4-6-21(15-19)26-17-25-22-7-2-3-8-23(22)26/h2-17H,1H3/b12-9+,24-16+. The number of nitrogens with zero attached hydrogens (tertiary/aromatic N) is 3. The molecule has 0 unspecified atom stereocenters. The average Bonchev–Trinajstić information content (AvgIpc) is 3.12. The molecule has 126 valence electrons. The Morgan fingerprint density at radius 1 is 0.808 bits per heavy atom. The van der Waals surface area contributed by atoms with E-state index in [1.165, 1.54) is 0 Å². The van der Waals surface area contributed by atoms with E-state index in [9.17, 15) is 0 Å². The zero-order valence-corrected chi connectivity index (χ0v) is 14.6. The third-order valence-electron chi connectivity index (χ3n) is 4.28. The zero-order valence-electron chi connectivity index (χ0n) is 14.6. The number of para-hydroxylation sites is 2. The van der Waals surface area contributed by atoms with Crippen LogP contribution in [0, 0.1) is 0 Å². The van der Waals surface area contributed by atoms with Crippen LogP contribution in [0.25, 0.3) is 28.9 Å². The SMILES string of the molecule is C/N=C/c1ccc(/C=C/c2cccc(-n3cnc4ccccc43)c2)cc1. The van der Waals surface area contributed by atoms with Gasteiger partial charge >= 0.3 is 0 Å². The van der Waals surface area contributed by atoms with E-state index in [0.29, 0.717) is 0 Å². The number of imidazole rings is 1. The van der Waals surface area contributed by atoms with Gasteiger partial charge in [0.1, 0.15) is 6.33 Å². The van der Waals surface area contributed by atoms with E-state index >= 15 is 0 Å². The van der Waals surface area contributed by atoms with Crippen LogP contribution in [0.15, 0.2) is 84.1 Å². The fourth-order valence-corrected chi connectivity index (χ4v) is 2.98. The molecular weight excluding hydrogens is 318 g/mol. The summed E-state index contributed by atoms with van der Waals surface area (Å²) in [6.07, 6.45) is 7.98. The lowest BCUT2D eigenvalue weighted by molar-refractivity contribution is 1.09. The second kappa shape index (κ2) is 7.19. The Bertz CT molecular complexity index is 1090. The second-order valence-corrected chi connectivity index (χ2v) is 6.09. The van der Waals surface area contributed by atoms with Crippen molar-refractivity contribution < 1.29 is 0 Å². The highest BCUT2D eigenvalue weighted by Crippen LogP contribution is 2.19. The van der Waals surface area contributed by atoms with E-state index in [0.717, 1.165) is 33.4 Å². The first-order valence-electron chi connectivity index (χ1n) is 8.56. The van der Waals surface area contributed by atoms with Crippen LogP contribution in [0.4, 0.5) is 0 Å². The molecule has 0 saturated carbocycles.